The highest BCUT2D eigenvalue weighted by Crippen LogP contribution is 2.38. The zero-order valence-electron chi connectivity index (χ0n) is 15.4. The van der Waals surface area contributed by atoms with E-state index in [9.17, 15) is 13.6 Å². The molecule has 144 valence electrons. The van der Waals surface area contributed by atoms with Crippen LogP contribution in [0.4, 0.5) is 8.78 Å². The number of aliphatic imine (C=N–C) groups is 1. The van der Waals surface area contributed by atoms with E-state index < -0.39 is 11.6 Å². The van der Waals surface area contributed by atoms with Crippen molar-refractivity contribution >= 4 is 44.8 Å². The van der Waals surface area contributed by atoms with Crippen molar-refractivity contribution in [2.45, 2.75) is 37.5 Å². The molecule has 1 aliphatic heterocycles. The zero-order chi connectivity index (χ0) is 19.9. The second kappa shape index (κ2) is 7.37. The first-order chi connectivity index (χ1) is 13.3. The van der Waals surface area contributed by atoms with E-state index in [-0.39, 0.29) is 22.1 Å². The van der Waals surface area contributed by atoms with Crippen molar-refractivity contribution < 1.29 is 13.6 Å². The van der Waals surface area contributed by atoms with Crippen LogP contribution in [0.5, 0.6) is 0 Å². The van der Waals surface area contributed by atoms with Crippen molar-refractivity contribution in [2.75, 3.05) is 0 Å². The normalized spacial score (nSPS) is 18.9. The third-order valence-electron chi connectivity index (χ3n) is 4.65. The van der Waals surface area contributed by atoms with Crippen LogP contribution in [-0.4, -0.2) is 26.6 Å². The van der Waals surface area contributed by atoms with E-state index in [1.807, 2.05) is 5.38 Å². The number of Topliss-reactive ketones (excluding diaryl/α,β-unsaturated/α-hetero) is 1. The molecule has 0 N–H and O–H groups in total. The van der Waals surface area contributed by atoms with E-state index in [1.165, 1.54) is 29.6 Å². The number of nitrogens with zero attached hydrogens (tertiary/aromatic N) is 2. The number of halogens is 2. The molecule has 0 saturated heterocycles. The van der Waals surface area contributed by atoms with Gasteiger partial charge in [0.1, 0.15) is 10.6 Å². The van der Waals surface area contributed by atoms with Crippen LogP contribution in [0.15, 0.2) is 46.2 Å². The van der Waals surface area contributed by atoms with Crippen LogP contribution in [0.1, 0.15) is 36.2 Å². The Balaban J connectivity index is 1.66. The van der Waals surface area contributed by atoms with E-state index in [0.29, 0.717) is 16.0 Å². The Kier molecular flexibility index (Phi) is 5.05. The molecule has 4 rings (SSSR count). The minimum atomic E-state index is -1.00. The second-order valence-electron chi connectivity index (χ2n) is 7.48. The molecule has 3 heterocycles. The number of hydrogen-bond donors (Lipinski definition) is 0. The number of aromatic nitrogens is 1. The lowest BCUT2D eigenvalue weighted by Crippen LogP contribution is -2.33. The van der Waals surface area contributed by atoms with E-state index in [0.717, 1.165) is 18.9 Å². The van der Waals surface area contributed by atoms with Gasteiger partial charge in [0.2, 0.25) is 5.78 Å². The number of pyridine rings is 1. The SMILES string of the molecule is CC1(C)CC(Cc2ccsc2)N=C(C(=O)c2cnc3c(F)c(F)ccc3c2)S1. The summed E-state index contributed by atoms with van der Waals surface area (Å²) in [6.45, 7) is 4.22. The maximum atomic E-state index is 13.9. The molecule has 2 aromatic heterocycles. The number of thiophene rings is 1. The maximum Gasteiger partial charge on any atom is 0.219 e. The minimum Gasteiger partial charge on any atom is -0.286 e. The summed E-state index contributed by atoms with van der Waals surface area (Å²) in [6, 6.07) is 6.13. The Bertz CT molecular complexity index is 1080. The van der Waals surface area contributed by atoms with Gasteiger partial charge in [0.25, 0.3) is 0 Å². The summed E-state index contributed by atoms with van der Waals surface area (Å²) >= 11 is 3.11. The van der Waals surface area contributed by atoms with Gasteiger partial charge in [-0.2, -0.15) is 11.3 Å². The number of carbonyl (C=O) groups is 1. The van der Waals surface area contributed by atoms with Crippen molar-refractivity contribution in [3.63, 3.8) is 0 Å². The minimum absolute atomic E-state index is 0.0322. The molecule has 0 radical (unpaired) electrons. The summed E-state index contributed by atoms with van der Waals surface area (Å²) in [4.78, 5) is 21.8. The topological polar surface area (TPSA) is 42.3 Å². The highest BCUT2D eigenvalue weighted by atomic mass is 32.2. The molecule has 1 unspecified atom stereocenters. The number of fused-ring (bicyclic) bond motifs is 1. The van der Waals surface area contributed by atoms with Crippen molar-refractivity contribution in [3.8, 4) is 0 Å². The number of ketones is 1. The fourth-order valence-corrected chi connectivity index (χ4v) is 5.29. The molecule has 28 heavy (non-hydrogen) atoms. The summed E-state index contributed by atoms with van der Waals surface area (Å²) in [5.74, 6) is -2.19. The van der Waals surface area contributed by atoms with Gasteiger partial charge in [-0.25, -0.2) is 8.78 Å². The summed E-state index contributed by atoms with van der Waals surface area (Å²) in [5, 5.41) is 4.98. The molecule has 0 fully saturated rings. The Morgan fingerprint density at radius 1 is 1.29 bits per heavy atom. The molecule has 1 atom stereocenters. The van der Waals surface area contributed by atoms with E-state index >= 15 is 0 Å². The van der Waals surface area contributed by atoms with Gasteiger partial charge in [-0.3, -0.25) is 14.8 Å². The van der Waals surface area contributed by atoms with Crippen molar-refractivity contribution in [1.29, 1.82) is 0 Å². The van der Waals surface area contributed by atoms with Crippen molar-refractivity contribution in [1.82, 2.24) is 4.98 Å². The van der Waals surface area contributed by atoms with Gasteiger partial charge in [-0.15, -0.1) is 0 Å². The van der Waals surface area contributed by atoms with Crippen LogP contribution in [0.25, 0.3) is 10.9 Å². The lowest BCUT2D eigenvalue weighted by molar-refractivity contribution is 0.106. The molecule has 0 bridgehead atoms. The monoisotopic (exact) mass is 416 g/mol. The molecule has 7 heteroatoms. The van der Waals surface area contributed by atoms with Crippen LogP contribution in [0.2, 0.25) is 0 Å². The molecule has 1 aromatic carbocycles. The lowest BCUT2D eigenvalue weighted by atomic mass is 9.98. The quantitative estimate of drug-likeness (QED) is 0.514. The zero-order valence-corrected chi connectivity index (χ0v) is 17.0. The molecule has 3 nitrogen and oxygen atoms in total. The van der Waals surface area contributed by atoms with E-state index in [4.69, 9.17) is 4.99 Å². The first-order valence-corrected chi connectivity index (χ1v) is 10.6. The second-order valence-corrected chi connectivity index (χ2v) is 9.95. The highest BCUT2D eigenvalue weighted by Gasteiger charge is 2.34. The summed E-state index contributed by atoms with van der Waals surface area (Å²) in [7, 11) is 0. The van der Waals surface area contributed by atoms with Crippen molar-refractivity contribution in [2.24, 2.45) is 4.99 Å². The van der Waals surface area contributed by atoms with Crippen LogP contribution < -0.4 is 0 Å². The van der Waals surface area contributed by atoms with Crippen LogP contribution >= 0.6 is 23.1 Å². The summed E-state index contributed by atoms with van der Waals surface area (Å²) in [5.41, 5.74) is 1.47. The third-order valence-corrected chi connectivity index (χ3v) is 6.59. The molecule has 3 aromatic rings. The number of rotatable bonds is 4. The van der Waals surface area contributed by atoms with Gasteiger partial charge in [0, 0.05) is 21.9 Å². The van der Waals surface area contributed by atoms with Gasteiger partial charge >= 0.3 is 0 Å². The van der Waals surface area contributed by atoms with Crippen LogP contribution in [0, 0.1) is 11.6 Å². The molecular formula is C21H18F2N2OS2. The predicted molar refractivity (Wildman–Crippen MR) is 112 cm³/mol. The lowest BCUT2D eigenvalue weighted by Gasteiger charge is -2.32. The predicted octanol–water partition coefficient (Wildman–Crippen LogP) is 5.68. The van der Waals surface area contributed by atoms with Crippen molar-refractivity contribution in [3.05, 3.63) is 64.0 Å². The Labute approximate surface area is 169 Å². The first-order valence-electron chi connectivity index (χ1n) is 8.89. The van der Waals surface area contributed by atoms with Gasteiger partial charge in [-0.1, -0.05) is 25.6 Å². The molecule has 0 aliphatic carbocycles. The first kappa shape index (κ1) is 19.2. The van der Waals surface area contributed by atoms with Crippen LogP contribution in [0.3, 0.4) is 0 Å². The van der Waals surface area contributed by atoms with Gasteiger partial charge in [0.15, 0.2) is 11.6 Å². The fraction of sp³-hybridized carbons (Fsp3) is 0.286. The van der Waals surface area contributed by atoms with E-state index in [1.54, 1.807) is 17.4 Å². The molecule has 1 aliphatic rings. The third kappa shape index (κ3) is 3.86. The van der Waals surface area contributed by atoms with Gasteiger partial charge < -0.3 is 0 Å². The van der Waals surface area contributed by atoms with Gasteiger partial charge in [0.05, 0.1) is 6.04 Å². The maximum absolute atomic E-state index is 13.9. The fourth-order valence-electron chi connectivity index (χ4n) is 3.40. The average Bonchev–Trinajstić information content (AvgIpc) is 3.15. The number of benzene rings is 1. The average molecular weight is 417 g/mol. The standard InChI is InChI=1S/C21H18F2N2OS2/c1-21(2)9-15(7-12-5-6-27-11-12)25-20(28-21)19(26)14-8-13-3-4-16(22)17(23)18(13)24-10-14/h3-6,8,10-11,15H,7,9H2,1-2H3. The number of hydrogen-bond acceptors (Lipinski definition) is 5. The summed E-state index contributed by atoms with van der Waals surface area (Å²) < 4.78 is 27.1. The van der Waals surface area contributed by atoms with E-state index in [2.05, 4.69) is 30.3 Å². The number of thioether (sulfide) groups is 1. The Morgan fingerprint density at radius 3 is 2.86 bits per heavy atom. The Hall–Kier alpha value is -2.12. The molecule has 0 amide bonds. The molecule has 0 spiro atoms. The number of carbonyl (C=O) groups excluding carboxylic acids is 1. The molecule has 0 saturated carbocycles. The summed E-state index contributed by atoms with van der Waals surface area (Å²) in [6.07, 6.45) is 2.97. The largest absolute Gasteiger partial charge is 0.286 e. The Morgan fingerprint density at radius 2 is 2.11 bits per heavy atom. The van der Waals surface area contributed by atoms with Crippen LogP contribution in [-0.2, 0) is 6.42 Å². The van der Waals surface area contributed by atoms with Gasteiger partial charge in [-0.05, 0) is 53.4 Å². The molecular weight excluding hydrogens is 398 g/mol. The smallest absolute Gasteiger partial charge is 0.219 e. The highest BCUT2D eigenvalue weighted by molar-refractivity contribution is 8.16.